The molecule has 0 unspecified atom stereocenters. The molecule has 1 aliphatic heterocycles. The topological polar surface area (TPSA) is 61.4 Å². The smallest absolute Gasteiger partial charge is 0.241 e. The van der Waals surface area contributed by atoms with Crippen LogP contribution in [0.2, 0.25) is 0 Å². The molecule has 1 aromatic carbocycles. The highest BCUT2D eigenvalue weighted by atomic mass is 19.1. The van der Waals surface area contributed by atoms with Crippen LogP contribution in [0, 0.1) is 5.82 Å². The average molecular weight is 279 g/mol. The molecule has 6 heteroatoms. The number of hydrogen-bond acceptors (Lipinski definition) is 3. The second kappa shape index (κ2) is 6.88. The summed E-state index contributed by atoms with van der Waals surface area (Å²) in [5.74, 6) is -0.809. The van der Waals surface area contributed by atoms with Crippen molar-refractivity contribution in [3.63, 3.8) is 0 Å². The van der Waals surface area contributed by atoms with Crippen LogP contribution in [0.25, 0.3) is 0 Å². The van der Waals surface area contributed by atoms with E-state index >= 15 is 0 Å². The lowest BCUT2D eigenvalue weighted by atomic mass is 10.3. The van der Waals surface area contributed by atoms with E-state index < -0.39 is 5.82 Å². The molecule has 0 atom stereocenters. The van der Waals surface area contributed by atoms with Gasteiger partial charge in [0, 0.05) is 13.1 Å². The average Bonchev–Trinajstić information content (AvgIpc) is 2.98. The number of para-hydroxylation sites is 1. The minimum atomic E-state index is -0.409. The first kappa shape index (κ1) is 14.3. The number of nitrogens with one attached hydrogen (secondary N) is 2. The summed E-state index contributed by atoms with van der Waals surface area (Å²) in [6.07, 6.45) is 2.04. The lowest BCUT2D eigenvalue weighted by Crippen LogP contribution is -2.40. The van der Waals surface area contributed by atoms with Crippen LogP contribution in [-0.4, -0.2) is 42.9 Å². The van der Waals surface area contributed by atoms with Crippen LogP contribution in [0.1, 0.15) is 12.8 Å². The van der Waals surface area contributed by atoms with Crippen LogP contribution in [-0.2, 0) is 9.59 Å². The quantitative estimate of drug-likeness (QED) is 0.844. The van der Waals surface area contributed by atoms with E-state index in [1.807, 2.05) is 0 Å². The van der Waals surface area contributed by atoms with Gasteiger partial charge in [-0.25, -0.2) is 4.39 Å². The molecule has 2 N–H and O–H groups in total. The highest BCUT2D eigenvalue weighted by Crippen LogP contribution is 2.11. The lowest BCUT2D eigenvalue weighted by molar-refractivity contribution is -0.131. The number of anilines is 1. The van der Waals surface area contributed by atoms with E-state index in [0.29, 0.717) is 0 Å². The third-order valence-corrected chi connectivity index (χ3v) is 3.21. The summed E-state index contributed by atoms with van der Waals surface area (Å²) < 4.78 is 13.3. The number of amides is 2. The SMILES string of the molecule is O=C(CNc1ccccc1F)NCC(=O)N1CCCC1. The van der Waals surface area contributed by atoms with Crippen LogP contribution < -0.4 is 10.6 Å². The minimum Gasteiger partial charge on any atom is -0.374 e. The number of rotatable bonds is 5. The van der Waals surface area contributed by atoms with Crippen molar-refractivity contribution in [2.24, 2.45) is 0 Å². The molecule has 0 radical (unpaired) electrons. The van der Waals surface area contributed by atoms with Crippen molar-refractivity contribution in [3.05, 3.63) is 30.1 Å². The van der Waals surface area contributed by atoms with Gasteiger partial charge in [0.1, 0.15) is 5.82 Å². The Balaban J connectivity index is 1.70. The molecule has 1 saturated heterocycles. The highest BCUT2D eigenvalue weighted by Gasteiger charge is 2.17. The molecule has 0 spiro atoms. The molecule has 0 aliphatic carbocycles. The Morgan fingerprint density at radius 3 is 2.55 bits per heavy atom. The van der Waals surface area contributed by atoms with Crippen molar-refractivity contribution in [2.75, 3.05) is 31.5 Å². The molecule has 1 heterocycles. The molecular weight excluding hydrogens is 261 g/mol. The van der Waals surface area contributed by atoms with Gasteiger partial charge in [0.15, 0.2) is 0 Å². The first-order valence-electron chi connectivity index (χ1n) is 6.69. The predicted octanol–water partition coefficient (Wildman–Crippen LogP) is 0.976. The molecule has 2 amide bonds. The summed E-state index contributed by atoms with van der Waals surface area (Å²) in [5, 5.41) is 5.23. The van der Waals surface area contributed by atoms with Gasteiger partial charge in [-0.2, -0.15) is 0 Å². The molecule has 5 nitrogen and oxygen atoms in total. The van der Waals surface area contributed by atoms with Gasteiger partial charge >= 0.3 is 0 Å². The van der Waals surface area contributed by atoms with E-state index in [4.69, 9.17) is 0 Å². The van der Waals surface area contributed by atoms with Gasteiger partial charge in [-0.3, -0.25) is 9.59 Å². The van der Waals surface area contributed by atoms with Crippen molar-refractivity contribution in [1.29, 1.82) is 0 Å². The third kappa shape index (κ3) is 3.94. The van der Waals surface area contributed by atoms with Gasteiger partial charge in [0.25, 0.3) is 0 Å². The molecule has 0 saturated carbocycles. The number of carbonyl (C=O) groups excluding carboxylic acids is 2. The third-order valence-electron chi connectivity index (χ3n) is 3.21. The summed E-state index contributed by atoms with van der Waals surface area (Å²) >= 11 is 0. The normalized spacial score (nSPS) is 14.2. The molecule has 0 aromatic heterocycles. The molecule has 2 rings (SSSR count). The number of nitrogens with zero attached hydrogens (tertiary/aromatic N) is 1. The number of benzene rings is 1. The largest absolute Gasteiger partial charge is 0.374 e. The van der Waals surface area contributed by atoms with Crippen molar-refractivity contribution in [2.45, 2.75) is 12.8 Å². The van der Waals surface area contributed by atoms with Gasteiger partial charge in [-0.15, -0.1) is 0 Å². The summed E-state index contributed by atoms with van der Waals surface area (Å²) in [7, 11) is 0. The summed E-state index contributed by atoms with van der Waals surface area (Å²) in [4.78, 5) is 25.0. The zero-order valence-electron chi connectivity index (χ0n) is 11.2. The van der Waals surface area contributed by atoms with Crippen LogP contribution in [0.15, 0.2) is 24.3 Å². The molecule has 108 valence electrons. The number of hydrogen-bond donors (Lipinski definition) is 2. The van der Waals surface area contributed by atoms with Crippen molar-refractivity contribution in [1.82, 2.24) is 10.2 Å². The highest BCUT2D eigenvalue weighted by molar-refractivity contribution is 5.86. The van der Waals surface area contributed by atoms with Crippen LogP contribution in [0.3, 0.4) is 0 Å². The van der Waals surface area contributed by atoms with Gasteiger partial charge in [-0.05, 0) is 25.0 Å². The second-order valence-electron chi connectivity index (χ2n) is 4.70. The maximum atomic E-state index is 13.3. The fraction of sp³-hybridized carbons (Fsp3) is 0.429. The molecular formula is C14H18FN3O2. The van der Waals surface area contributed by atoms with Crippen LogP contribution in [0.4, 0.5) is 10.1 Å². The van der Waals surface area contributed by atoms with E-state index in [1.54, 1.807) is 23.1 Å². The van der Waals surface area contributed by atoms with Crippen LogP contribution >= 0.6 is 0 Å². The zero-order valence-corrected chi connectivity index (χ0v) is 11.2. The van der Waals surface area contributed by atoms with Gasteiger partial charge in [-0.1, -0.05) is 12.1 Å². The number of carbonyl (C=O) groups is 2. The Morgan fingerprint density at radius 1 is 1.15 bits per heavy atom. The van der Waals surface area contributed by atoms with Crippen molar-refractivity contribution in [3.8, 4) is 0 Å². The van der Waals surface area contributed by atoms with Gasteiger partial charge in [0.05, 0.1) is 18.8 Å². The molecule has 1 fully saturated rings. The number of halogens is 1. The first-order valence-corrected chi connectivity index (χ1v) is 6.69. The second-order valence-corrected chi connectivity index (χ2v) is 4.70. The van der Waals surface area contributed by atoms with Crippen LogP contribution in [0.5, 0.6) is 0 Å². The van der Waals surface area contributed by atoms with E-state index in [1.165, 1.54) is 6.07 Å². The molecule has 0 bridgehead atoms. The Bertz CT molecular complexity index is 487. The van der Waals surface area contributed by atoms with E-state index in [0.717, 1.165) is 25.9 Å². The molecule has 20 heavy (non-hydrogen) atoms. The van der Waals surface area contributed by atoms with Gasteiger partial charge < -0.3 is 15.5 Å². The van der Waals surface area contributed by atoms with E-state index in [2.05, 4.69) is 10.6 Å². The summed E-state index contributed by atoms with van der Waals surface area (Å²) in [5.41, 5.74) is 0.272. The molecule has 1 aliphatic rings. The Morgan fingerprint density at radius 2 is 1.85 bits per heavy atom. The summed E-state index contributed by atoms with van der Waals surface area (Å²) in [6.45, 7) is 1.47. The zero-order chi connectivity index (χ0) is 14.4. The Labute approximate surface area is 117 Å². The lowest BCUT2D eigenvalue weighted by Gasteiger charge is -2.15. The Hall–Kier alpha value is -2.11. The summed E-state index contributed by atoms with van der Waals surface area (Å²) in [6, 6.07) is 6.13. The first-order chi connectivity index (χ1) is 9.66. The van der Waals surface area contributed by atoms with Crippen molar-refractivity contribution >= 4 is 17.5 Å². The molecule has 1 aromatic rings. The maximum Gasteiger partial charge on any atom is 0.241 e. The maximum absolute atomic E-state index is 13.3. The fourth-order valence-corrected chi connectivity index (χ4v) is 2.10. The van der Waals surface area contributed by atoms with E-state index in [-0.39, 0.29) is 30.6 Å². The fourth-order valence-electron chi connectivity index (χ4n) is 2.10. The monoisotopic (exact) mass is 279 g/mol. The van der Waals surface area contributed by atoms with E-state index in [9.17, 15) is 14.0 Å². The standard InChI is InChI=1S/C14H18FN3O2/c15-11-5-1-2-6-12(11)16-9-13(19)17-10-14(20)18-7-3-4-8-18/h1-2,5-6,16H,3-4,7-10H2,(H,17,19). The minimum absolute atomic E-state index is 0.00220. The number of likely N-dealkylation sites (tertiary alicyclic amines) is 1. The van der Waals surface area contributed by atoms with Crippen molar-refractivity contribution < 1.29 is 14.0 Å². The Kier molecular flexibility index (Phi) is 4.92. The van der Waals surface area contributed by atoms with Gasteiger partial charge in [0.2, 0.25) is 11.8 Å². The predicted molar refractivity (Wildman–Crippen MR) is 73.7 cm³/mol.